The van der Waals surface area contributed by atoms with E-state index in [9.17, 15) is 18.0 Å². The minimum Gasteiger partial charge on any atom is -0.351 e. The molecule has 1 fully saturated rings. The lowest BCUT2D eigenvalue weighted by Crippen LogP contribution is -2.68. The van der Waals surface area contributed by atoms with Gasteiger partial charge in [-0.2, -0.15) is 13.2 Å². The molecule has 0 aliphatic carbocycles. The van der Waals surface area contributed by atoms with Gasteiger partial charge in [-0.1, -0.05) is 0 Å². The smallest absolute Gasteiger partial charge is 0.351 e. The third-order valence-electron chi connectivity index (χ3n) is 3.13. The van der Waals surface area contributed by atoms with Crippen molar-refractivity contribution in [1.29, 1.82) is 0 Å². The van der Waals surface area contributed by atoms with Gasteiger partial charge in [0, 0.05) is 37.6 Å². The minimum atomic E-state index is -4.69. The Morgan fingerprint density at radius 3 is 2.58 bits per heavy atom. The van der Waals surface area contributed by atoms with Crippen molar-refractivity contribution in [3.8, 4) is 0 Å². The molecular formula is C10H12F3N5O. The van der Waals surface area contributed by atoms with E-state index in [4.69, 9.17) is 5.73 Å². The second-order valence-electron chi connectivity index (χ2n) is 4.15. The molecule has 1 aliphatic heterocycles. The number of aromatic nitrogens is 2. The van der Waals surface area contributed by atoms with Gasteiger partial charge in [-0.25, -0.2) is 14.8 Å². The van der Waals surface area contributed by atoms with E-state index in [1.165, 1.54) is 0 Å². The number of nitrogens with one attached hydrogen (secondary N) is 1. The number of carbonyl (C=O) groups is 1. The number of nitrogens with two attached hydrogens (primary N) is 1. The predicted octanol–water partition coefficient (Wildman–Crippen LogP) is 0.218. The van der Waals surface area contributed by atoms with Gasteiger partial charge in [0.15, 0.2) is 5.54 Å². The zero-order valence-corrected chi connectivity index (χ0v) is 9.81. The Kier molecular flexibility index (Phi) is 3.31. The molecule has 0 aromatic carbocycles. The topological polar surface area (TPSA) is 84.1 Å². The highest BCUT2D eigenvalue weighted by Crippen LogP contribution is 2.44. The van der Waals surface area contributed by atoms with Crippen LogP contribution >= 0.6 is 0 Å². The van der Waals surface area contributed by atoms with Crippen LogP contribution in [0, 0.1) is 0 Å². The van der Waals surface area contributed by atoms with Crippen LogP contribution in [0.3, 0.4) is 0 Å². The molecule has 2 amide bonds. The van der Waals surface area contributed by atoms with Crippen LogP contribution in [-0.4, -0.2) is 46.7 Å². The third kappa shape index (κ3) is 2.09. The molecule has 1 unspecified atom stereocenters. The van der Waals surface area contributed by atoms with Crippen molar-refractivity contribution in [2.45, 2.75) is 11.7 Å². The highest BCUT2D eigenvalue weighted by atomic mass is 19.4. The number of hydrogen-bond acceptors (Lipinski definition) is 4. The second-order valence-corrected chi connectivity index (χ2v) is 4.15. The summed E-state index contributed by atoms with van der Waals surface area (Å²) in [5, 5.41) is 2.64. The Bertz CT molecular complexity index is 466. The van der Waals surface area contributed by atoms with Gasteiger partial charge >= 0.3 is 12.2 Å². The summed E-state index contributed by atoms with van der Waals surface area (Å²) in [5.41, 5.74) is 2.35. The van der Waals surface area contributed by atoms with Crippen LogP contribution in [0.4, 0.5) is 18.0 Å². The van der Waals surface area contributed by atoms with Crippen molar-refractivity contribution in [3.63, 3.8) is 0 Å². The van der Waals surface area contributed by atoms with Gasteiger partial charge in [0.2, 0.25) is 0 Å². The highest BCUT2D eigenvalue weighted by molar-refractivity contribution is 5.73. The molecule has 0 saturated carbocycles. The van der Waals surface area contributed by atoms with Crippen LogP contribution in [0.5, 0.6) is 0 Å². The molecule has 2 rings (SSSR count). The molecule has 9 heteroatoms. The average Bonchev–Trinajstić information content (AvgIpc) is 2.38. The van der Waals surface area contributed by atoms with Crippen LogP contribution in [-0.2, 0) is 5.54 Å². The van der Waals surface area contributed by atoms with Crippen molar-refractivity contribution < 1.29 is 18.0 Å². The van der Waals surface area contributed by atoms with Gasteiger partial charge in [-0.05, 0) is 0 Å². The number of primary amides is 1. The lowest BCUT2D eigenvalue weighted by molar-refractivity contribution is -0.231. The third-order valence-corrected chi connectivity index (χ3v) is 3.13. The molecular weight excluding hydrogens is 263 g/mol. The summed E-state index contributed by atoms with van der Waals surface area (Å²) in [6.07, 6.45) is -1.48. The molecule has 1 aromatic rings. The second kappa shape index (κ2) is 4.65. The highest BCUT2D eigenvalue weighted by Gasteiger charge is 2.62. The van der Waals surface area contributed by atoms with Crippen LogP contribution in [0.25, 0.3) is 0 Å². The van der Waals surface area contributed by atoms with Crippen LogP contribution in [0.2, 0.25) is 0 Å². The number of hydrogen-bond donors (Lipinski definition) is 2. The number of amides is 2. The largest absolute Gasteiger partial charge is 0.417 e. The first kappa shape index (κ1) is 13.5. The molecule has 2 heterocycles. The van der Waals surface area contributed by atoms with Crippen LogP contribution < -0.4 is 11.1 Å². The Morgan fingerprint density at radius 1 is 1.42 bits per heavy atom. The summed E-state index contributed by atoms with van der Waals surface area (Å²) in [6, 6.07) is -1.12. The summed E-state index contributed by atoms with van der Waals surface area (Å²) in [7, 11) is 0. The quantitative estimate of drug-likeness (QED) is 0.767. The lowest BCUT2D eigenvalue weighted by atomic mass is 9.87. The van der Waals surface area contributed by atoms with Crippen molar-refractivity contribution >= 4 is 6.03 Å². The van der Waals surface area contributed by atoms with Crippen LogP contribution in [0.1, 0.15) is 5.56 Å². The number of halogens is 3. The zero-order chi connectivity index (χ0) is 14.1. The molecule has 1 saturated heterocycles. The zero-order valence-electron chi connectivity index (χ0n) is 9.81. The van der Waals surface area contributed by atoms with E-state index in [0.29, 0.717) is 4.90 Å². The maximum atomic E-state index is 13.5. The normalized spacial score (nSPS) is 24.3. The van der Waals surface area contributed by atoms with Gasteiger partial charge in [-0.15, -0.1) is 0 Å². The summed E-state index contributed by atoms with van der Waals surface area (Å²) >= 11 is 0. The Morgan fingerprint density at radius 2 is 2.05 bits per heavy atom. The summed E-state index contributed by atoms with van der Waals surface area (Å²) in [5.74, 6) is 0. The average molecular weight is 275 g/mol. The monoisotopic (exact) mass is 275 g/mol. The van der Waals surface area contributed by atoms with Crippen molar-refractivity contribution in [1.82, 2.24) is 20.2 Å². The number of carbonyl (C=O) groups excluding carboxylic acids is 1. The molecule has 1 aliphatic rings. The lowest BCUT2D eigenvalue weighted by Gasteiger charge is -2.47. The van der Waals surface area contributed by atoms with Crippen molar-refractivity contribution in [2.24, 2.45) is 5.73 Å². The van der Waals surface area contributed by atoms with E-state index in [0.717, 1.165) is 18.7 Å². The fourth-order valence-corrected chi connectivity index (χ4v) is 2.23. The SMILES string of the molecule is NC(=O)N1CCNCC1(c1cncnc1)C(F)(F)F. The van der Waals surface area contributed by atoms with E-state index in [1.54, 1.807) is 0 Å². The number of piperazine rings is 1. The van der Waals surface area contributed by atoms with Crippen molar-refractivity contribution in [2.75, 3.05) is 19.6 Å². The maximum Gasteiger partial charge on any atom is 0.417 e. The first-order valence-electron chi connectivity index (χ1n) is 5.49. The molecule has 6 nitrogen and oxygen atoms in total. The number of nitrogens with zero attached hydrogens (tertiary/aromatic N) is 3. The molecule has 1 atom stereocenters. The van der Waals surface area contributed by atoms with E-state index in [-0.39, 0.29) is 18.7 Å². The number of urea groups is 1. The van der Waals surface area contributed by atoms with E-state index in [1.807, 2.05) is 0 Å². The van der Waals surface area contributed by atoms with Crippen molar-refractivity contribution in [3.05, 3.63) is 24.3 Å². The first-order chi connectivity index (χ1) is 8.89. The van der Waals surface area contributed by atoms with Gasteiger partial charge in [0.05, 0.1) is 0 Å². The Labute approximate surface area is 106 Å². The number of alkyl halides is 3. The molecule has 0 bridgehead atoms. The summed E-state index contributed by atoms with van der Waals surface area (Å²) in [6.45, 7) is -0.370. The molecule has 0 spiro atoms. The standard InChI is InChI=1S/C10H12F3N5O/c11-10(12,13)9(7-3-16-6-17-4-7)5-15-1-2-18(9)8(14)19/h3-4,6,15H,1-2,5H2,(H2,14,19). The Balaban J connectivity index is 2.60. The predicted molar refractivity (Wildman–Crippen MR) is 58.9 cm³/mol. The minimum absolute atomic E-state index is 0.135. The van der Waals surface area contributed by atoms with Gasteiger partial charge in [0.25, 0.3) is 0 Å². The van der Waals surface area contributed by atoms with Gasteiger partial charge in [-0.3, -0.25) is 0 Å². The number of rotatable bonds is 1. The fraction of sp³-hybridized carbons (Fsp3) is 0.500. The molecule has 104 valence electrons. The molecule has 19 heavy (non-hydrogen) atoms. The fourth-order valence-electron chi connectivity index (χ4n) is 2.23. The van der Waals surface area contributed by atoms with Crippen LogP contribution in [0.15, 0.2) is 18.7 Å². The van der Waals surface area contributed by atoms with Gasteiger partial charge in [0.1, 0.15) is 6.33 Å². The molecule has 3 N–H and O–H groups in total. The van der Waals surface area contributed by atoms with E-state index < -0.39 is 24.3 Å². The first-order valence-corrected chi connectivity index (χ1v) is 5.49. The van der Waals surface area contributed by atoms with E-state index in [2.05, 4.69) is 15.3 Å². The summed E-state index contributed by atoms with van der Waals surface area (Å²) < 4.78 is 40.6. The Hall–Kier alpha value is -1.90. The van der Waals surface area contributed by atoms with Gasteiger partial charge < -0.3 is 16.0 Å². The molecule has 1 aromatic heterocycles. The van der Waals surface area contributed by atoms with E-state index >= 15 is 0 Å². The maximum absolute atomic E-state index is 13.5. The molecule has 0 radical (unpaired) electrons. The summed E-state index contributed by atoms with van der Waals surface area (Å²) in [4.78, 5) is 19.2.